The minimum atomic E-state index is -0.948. The van der Waals surface area contributed by atoms with Crippen molar-refractivity contribution in [3.63, 3.8) is 0 Å². The molecule has 0 saturated heterocycles. The number of allylic oxidation sites excluding steroid dienone is 3. The molecule has 4 heteroatoms. The van der Waals surface area contributed by atoms with Crippen LogP contribution in [0.25, 0.3) is 0 Å². The third kappa shape index (κ3) is 5.35. The maximum absolute atomic E-state index is 11.9. The average Bonchev–Trinajstić information content (AvgIpc) is 2.81. The second-order valence-corrected chi connectivity index (χ2v) is 5.85. The van der Waals surface area contributed by atoms with Crippen molar-refractivity contribution in [3.05, 3.63) is 48.6 Å². The van der Waals surface area contributed by atoms with Crippen LogP contribution in [0, 0.1) is 5.92 Å². The van der Waals surface area contributed by atoms with E-state index >= 15 is 0 Å². The zero-order valence-corrected chi connectivity index (χ0v) is 13.7. The Hall–Kier alpha value is -2.10. The molecule has 0 aliphatic carbocycles. The second-order valence-electron chi connectivity index (χ2n) is 5.85. The van der Waals surface area contributed by atoms with Crippen molar-refractivity contribution in [2.45, 2.75) is 45.8 Å². The third-order valence-corrected chi connectivity index (χ3v) is 3.36. The maximum atomic E-state index is 11.9. The van der Waals surface area contributed by atoms with Gasteiger partial charge in [-0.05, 0) is 25.8 Å². The first-order valence-electron chi connectivity index (χ1n) is 7.37. The smallest absolute Gasteiger partial charge is 0.331 e. The summed E-state index contributed by atoms with van der Waals surface area (Å²) in [5.41, 5.74) is 0.0202. The summed E-state index contributed by atoms with van der Waals surface area (Å²) in [6.45, 7) is 11.3. The summed E-state index contributed by atoms with van der Waals surface area (Å²) in [5, 5.41) is 0. The Bertz CT molecular complexity index is 525. The predicted molar refractivity (Wildman–Crippen MR) is 86.1 cm³/mol. The van der Waals surface area contributed by atoms with E-state index in [1.807, 2.05) is 26.8 Å². The maximum Gasteiger partial charge on any atom is 0.331 e. The van der Waals surface area contributed by atoms with Gasteiger partial charge in [0.25, 0.3) is 0 Å². The van der Waals surface area contributed by atoms with Crippen LogP contribution in [-0.4, -0.2) is 23.6 Å². The fraction of sp³-hybridized carbons (Fsp3) is 0.444. The van der Waals surface area contributed by atoms with E-state index in [9.17, 15) is 9.59 Å². The van der Waals surface area contributed by atoms with Crippen molar-refractivity contribution in [1.29, 1.82) is 0 Å². The van der Waals surface area contributed by atoms with Gasteiger partial charge in [0.2, 0.25) is 0 Å². The number of hydrogen-bond acceptors (Lipinski definition) is 4. The Morgan fingerprint density at radius 3 is 2.68 bits per heavy atom. The van der Waals surface area contributed by atoms with E-state index in [-0.39, 0.29) is 5.92 Å². The molecule has 120 valence electrons. The standard InChI is InChI=1S/C18H24O4/c1-6-14(4)8-9-15(18(5)12-11-17(20)22-18)21-16(19)10-7-13(2)3/h6-8,10-13,15H,1,9H2,2-5H3/b10-7+,14-8+. The van der Waals surface area contributed by atoms with Crippen LogP contribution in [0.4, 0.5) is 0 Å². The van der Waals surface area contributed by atoms with E-state index in [1.165, 1.54) is 12.2 Å². The molecule has 0 aromatic carbocycles. The molecule has 0 spiro atoms. The molecule has 1 aliphatic rings. The topological polar surface area (TPSA) is 52.6 Å². The van der Waals surface area contributed by atoms with E-state index in [4.69, 9.17) is 9.47 Å². The van der Waals surface area contributed by atoms with Crippen LogP contribution in [0.3, 0.4) is 0 Å². The molecule has 0 radical (unpaired) electrons. The summed E-state index contributed by atoms with van der Waals surface area (Å²) in [4.78, 5) is 23.3. The first-order valence-corrected chi connectivity index (χ1v) is 7.37. The van der Waals surface area contributed by atoms with E-state index < -0.39 is 23.6 Å². The van der Waals surface area contributed by atoms with Gasteiger partial charge < -0.3 is 9.47 Å². The number of carbonyl (C=O) groups excluding carboxylic acids is 2. The molecule has 0 N–H and O–H groups in total. The van der Waals surface area contributed by atoms with E-state index in [0.717, 1.165) is 5.57 Å². The van der Waals surface area contributed by atoms with Crippen LogP contribution >= 0.6 is 0 Å². The highest BCUT2D eigenvalue weighted by Gasteiger charge is 2.40. The summed E-state index contributed by atoms with van der Waals surface area (Å²) in [5.74, 6) is -0.611. The fourth-order valence-electron chi connectivity index (χ4n) is 1.92. The molecule has 0 aromatic heterocycles. The van der Waals surface area contributed by atoms with Crippen molar-refractivity contribution in [2.24, 2.45) is 5.92 Å². The summed E-state index contributed by atoms with van der Waals surface area (Å²) < 4.78 is 10.8. The third-order valence-electron chi connectivity index (χ3n) is 3.36. The molecule has 0 aromatic rings. The number of cyclic esters (lactones) is 1. The predicted octanol–water partition coefficient (Wildman–Crippen LogP) is 3.50. The van der Waals surface area contributed by atoms with Gasteiger partial charge in [0.1, 0.15) is 6.10 Å². The Kier molecular flexibility index (Phi) is 6.35. The van der Waals surface area contributed by atoms with Crippen molar-refractivity contribution in [2.75, 3.05) is 0 Å². The number of hydrogen-bond donors (Lipinski definition) is 0. The van der Waals surface area contributed by atoms with E-state index in [1.54, 1.807) is 25.2 Å². The lowest BCUT2D eigenvalue weighted by Gasteiger charge is -2.30. The lowest BCUT2D eigenvalue weighted by molar-refractivity contribution is -0.166. The monoisotopic (exact) mass is 304 g/mol. The van der Waals surface area contributed by atoms with Gasteiger partial charge in [-0.2, -0.15) is 0 Å². The summed E-state index contributed by atoms with van der Waals surface area (Å²) >= 11 is 0. The highest BCUT2D eigenvalue weighted by Crippen LogP contribution is 2.28. The Labute approximate surface area is 132 Å². The van der Waals surface area contributed by atoms with Crippen LogP contribution in [0.2, 0.25) is 0 Å². The van der Waals surface area contributed by atoms with Gasteiger partial charge in [-0.1, -0.05) is 44.2 Å². The molecule has 0 saturated carbocycles. The lowest BCUT2D eigenvalue weighted by Crippen LogP contribution is -2.41. The van der Waals surface area contributed by atoms with Crippen molar-refractivity contribution in [1.82, 2.24) is 0 Å². The van der Waals surface area contributed by atoms with Gasteiger partial charge in [-0.25, -0.2) is 9.59 Å². The molecule has 1 aliphatic heterocycles. The van der Waals surface area contributed by atoms with Gasteiger partial charge in [0.15, 0.2) is 5.60 Å². The molecule has 22 heavy (non-hydrogen) atoms. The zero-order valence-electron chi connectivity index (χ0n) is 13.7. The Balaban J connectivity index is 2.87. The summed E-state index contributed by atoms with van der Waals surface area (Å²) in [6, 6.07) is 0. The molecule has 2 atom stereocenters. The van der Waals surface area contributed by atoms with E-state index in [0.29, 0.717) is 6.42 Å². The molecule has 2 unspecified atom stereocenters. The van der Waals surface area contributed by atoms with Gasteiger partial charge in [0.05, 0.1) is 0 Å². The largest absolute Gasteiger partial charge is 0.454 e. The molecular formula is C18H24O4. The minimum absolute atomic E-state index is 0.258. The molecule has 0 bridgehead atoms. The number of ether oxygens (including phenoxy) is 2. The first kappa shape index (κ1) is 18.0. The zero-order chi connectivity index (χ0) is 16.8. The van der Waals surface area contributed by atoms with E-state index in [2.05, 4.69) is 6.58 Å². The number of esters is 2. The van der Waals surface area contributed by atoms with Crippen molar-refractivity contribution in [3.8, 4) is 0 Å². The van der Waals surface area contributed by atoms with Gasteiger partial charge in [0, 0.05) is 18.6 Å². The highest BCUT2D eigenvalue weighted by molar-refractivity contribution is 5.85. The first-order chi connectivity index (χ1) is 10.3. The van der Waals surface area contributed by atoms with Gasteiger partial charge >= 0.3 is 11.9 Å². The van der Waals surface area contributed by atoms with Crippen LogP contribution in [-0.2, 0) is 19.1 Å². The molecule has 1 rings (SSSR count). The number of carbonyl (C=O) groups is 2. The molecular weight excluding hydrogens is 280 g/mol. The summed E-state index contributed by atoms with van der Waals surface area (Å²) in [7, 11) is 0. The molecule has 0 amide bonds. The average molecular weight is 304 g/mol. The number of rotatable bonds is 7. The van der Waals surface area contributed by atoms with Crippen LogP contribution in [0.5, 0.6) is 0 Å². The van der Waals surface area contributed by atoms with Crippen LogP contribution in [0.15, 0.2) is 48.6 Å². The summed E-state index contributed by atoms with van der Waals surface area (Å²) in [6.07, 6.45) is 9.64. The van der Waals surface area contributed by atoms with Crippen molar-refractivity contribution < 1.29 is 19.1 Å². The molecule has 0 fully saturated rings. The lowest BCUT2D eigenvalue weighted by atomic mass is 9.95. The molecule has 4 nitrogen and oxygen atoms in total. The molecule has 1 heterocycles. The second kappa shape index (κ2) is 7.78. The SMILES string of the molecule is C=C/C(C)=C/CC(OC(=O)/C=C/C(C)C)C1(C)C=CC(=O)O1. The quantitative estimate of drug-likeness (QED) is 0.410. The fourth-order valence-corrected chi connectivity index (χ4v) is 1.92. The van der Waals surface area contributed by atoms with Crippen LogP contribution in [0.1, 0.15) is 34.1 Å². The van der Waals surface area contributed by atoms with Gasteiger partial charge in [-0.3, -0.25) is 0 Å². The van der Waals surface area contributed by atoms with Crippen molar-refractivity contribution >= 4 is 11.9 Å². The van der Waals surface area contributed by atoms with Gasteiger partial charge in [-0.15, -0.1) is 0 Å². The Morgan fingerprint density at radius 1 is 1.50 bits per heavy atom. The Morgan fingerprint density at radius 2 is 2.18 bits per heavy atom. The highest BCUT2D eigenvalue weighted by atomic mass is 16.6. The normalized spacial score (nSPS) is 23.0. The van der Waals surface area contributed by atoms with Crippen LogP contribution < -0.4 is 0 Å². The minimum Gasteiger partial charge on any atom is -0.454 e.